The van der Waals surface area contributed by atoms with Crippen LogP contribution in [0.3, 0.4) is 0 Å². The highest BCUT2D eigenvalue weighted by atomic mass is 16.5. The standard InChI is InChI=1S/C21H27N5O3/c1-29-17-8-4-14(5-9-17)21(28)24-18-11-22-25-20(18)15-3-2-10-26(12-15)13-19(27)23-16-6-7-16/h4-5,8-9,11,15-16H,2-3,6-7,10,12-13H2,1H3,(H,22,25)(H,23,27)(H,24,28). The van der Waals surface area contributed by atoms with Gasteiger partial charge in [-0.3, -0.25) is 19.6 Å². The maximum Gasteiger partial charge on any atom is 0.255 e. The number of carbonyl (C=O) groups excluding carboxylic acids is 2. The topological polar surface area (TPSA) is 99.3 Å². The number of carbonyl (C=O) groups is 2. The van der Waals surface area contributed by atoms with Crippen molar-refractivity contribution in [2.75, 3.05) is 32.1 Å². The summed E-state index contributed by atoms with van der Waals surface area (Å²) < 4.78 is 5.14. The Labute approximate surface area is 170 Å². The molecule has 1 saturated heterocycles. The lowest BCUT2D eigenvalue weighted by atomic mass is 9.94. The van der Waals surface area contributed by atoms with Crippen molar-refractivity contribution in [3.8, 4) is 5.75 Å². The Morgan fingerprint density at radius 1 is 1.24 bits per heavy atom. The monoisotopic (exact) mass is 397 g/mol. The molecule has 1 unspecified atom stereocenters. The maximum atomic E-state index is 12.6. The molecule has 1 aromatic heterocycles. The van der Waals surface area contributed by atoms with Crippen LogP contribution < -0.4 is 15.4 Å². The lowest BCUT2D eigenvalue weighted by molar-refractivity contribution is -0.122. The third kappa shape index (κ3) is 4.95. The number of methoxy groups -OCH3 is 1. The number of aromatic nitrogens is 2. The number of H-pyrrole nitrogens is 1. The second kappa shape index (κ2) is 8.65. The summed E-state index contributed by atoms with van der Waals surface area (Å²) in [5.41, 5.74) is 2.17. The van der Waals surface area contributed by atoms with Gasteiger partial charge < -0.3 is 15.4 Å². The molecule has 8 nitrogen and oxygen atoms in total. The minimum atomic E-state index is -0.188. The fourth-order valence-electron chi connectivity index (χ4n) is 3.78. The van der Waals surface area contributed by atoms with Crippen LogP contribution in [0.2, 0.25) is 0 Å². The van der Waals surface area contributed by atoms with Crippen LogP contribution in [-0.4, -0.2) is 59.7 Å². The Morgan fingerprint density at radius 2 is 2.03 bits per heavy atom. The zero-order chi connectivity index (χ0) is 20.2. The smallest absolute Gasteiger partial charge is 0.255 e. The van der Waals surface area contributed by atoms with Gasteiger partial charge >= 0.3 is 0 Å². The van der Waals surface area contributed by atoms with E-state index < -0.39 is 0 Å². The minimum absolute atomic E-state index is 0.103. The molecule has 154 valence electrons. The van der Waals surface area contributed by atoms with Gasteiger partial charge in [-0.05, 0) is 56.5 Å². The van der Waals surface area contributed by atoms with Gasteiger partial charge in [0.15, 0.2) is 0 Å². The highest BCUT2D eigenvalue weighted by Crippen LogP contribution is 2.30. The molecule has 2 fully saturated rings. The van der Waals surface area contributed by atoms with Gasteiger partial charge in [0.1, 0.15) is 5.75 Å². The fourth-order valence-corrected chi connectivity index (χ4v) is 3.78. The number of anilines is 1. The summed E-state index contributed by atoms with van der Waals surface area (Å²) in [6.45, 7) is 2.11. The number of piperidine rings is 1. The van der Waals surface area contributed by atoms with E-state index in [-0.39, 0.29) is 17.7 Å². The van der Waals surface area contributed by atoms with Crippen molar-refractivity contribution >= 4 is 17.5 Å². The third-order valence-corrected chi connectivity index (χ3v) is 5.49. The van der Waals surface area contributed by atoms with E-state index in [1.807, 2.05) is 0 Å². The van der Waals surface area contributed by atoms with E-state index in [2.05, 4.69) is 25.7 Å². The number of benzene rings is 1. The Balaban J connectivity index is 1.38. The molecular weight excluding hydrogens is 370 g/mol. The number of aromatic amines is 1. The Bertz CT molecular complexity index is 859. The lowest BCUT2D eigenvalue weighted by Crippen LogP contribution is -2.42. The van der Waals surface area contributed by atoms with Gasteiger partial charge in [-0.15, -0.1) is 0 Å². The molecule has 1 saturated carbocycles. The number of nitrogens with zero attached hydrogens (tertiary/aromatic N) is 2. The first-order valence-electron chi connectivity index (χ1n) is 10.1. The van der Waals surface area contributed by atoms with Gasteiger partial charge in [-0.2, -0.15) is 5.10 Å². The van der Waals surface area contributed by atoms with E-state index in [1.54, 1.807) is 37.6 Å². The predicted molar refractivity (Wildman–Crippen MR) is 109 cm³/mol. The summed E-state index contributed by atoms with van der Waals surface area (Å²) in [4.78, 5) is 26.9. The van der Waals surface area contributed by atoms with Crippen LogP contribution in [0.15, 0.2) is 30.5 Å². The van der Waals surface area contributed by atoms with Crippen molar-refractivity contribution in [1.29, 1.82) is 0 Å². The summed E-state index contributed by atoms with van der Waals surface area (Å²) in [5.74, 6) is 0.822. The van der Waals surface area contributed by atoms with Crippen molar-refractivity contribution in [2.45, 2.75) is 37.6 Å². The third-order valence-electron chi connectivity index (χ3n) is 5.49. The quantitative estimate of drug-likeness (QED) is 0.665. The highest BCUT2D eigenvalue weighted by Gasteiger charge is 2.28. The largest absolute Gasteiger partial charge is 0.497 e. The van der Waals surface area contributed by atoms with Gasteiger partial charge in [-0.25, -0.2) is 0 Å². The van der Waals surface area contributed by atoms with Crippen LogP contribution in [0.4, 0.5) is 5.69 Å². The van der Waals surface area contributed by atoms with Crippen molar-refractivity contribution in [3.63, 3.8) is 0 Å². The van der Waals surface area contributed by atoms with Gasteiger partial charge in [0.25, 0.3) is 5.91 Å². The Morgan fingerprint density at radius 3 is 2.76 bits per heavy atom. The number of hydrogen-bond acceptors (Lipinski definition) is 5. The SMILES string of the molecule is COc1ccc(C(=O)Nc2cn[nH]c2C2CCCN(CC(=O)NC3CC3)C2)cc1. The molecule has 1 aliphatic carbocycles. The maximum absolute atomic E-state index is 12.6. The van der Waals surface area contributed by atoms with Crippen LogP contribution in [0.5, 0.6) is 5.75 Å². The van der Waals surface area contributed by atoms with Crippen LogP contribution >= 0.6 is 0 Å². The number of likely N-dealkylation sites (tertiary alicyclic amines) is 1. The predicted octanol–water partition coefficient (Wildman–Crippen LogP) is 2.13. The molecule has 2 aromatic rings. The summed E-state index contributed by atoms with van der Waals surface area (Å²) in [7, 11) is 1.59. The second-order valence-corrected chi connectivity index (χ2v) is 7.80. The molecule has 0 radical (unpaired) electrons. The van der Waals surface area contributed by atoms with E-state index in [1.165, 1.54) is 0 Å². The molecule has 1 aliphatic heterocycles. The molecule has 8 heteroatoms. The van der Waals surface area contributed by atoms with Crippen molar-refractivity contribution in [1.82, 2.24) is 20.4 Å². The summed E-state index contributed by atoms with van der Waals surface area (Å²) in [6.07, 6.45) is 5.84. The normalized spacial score (nSPS) is 19.6. The zero-order valence-corrected chi connectivity index (χ0v) is 16.6. The number of ether oxygens (including phenoxy) is 1. The average Bonchev–Trinajstić information content (AvgIpc) is 3.42. The molecule has 2 heterocycles. The molecule has 0 spiro atoms. The van der Waals surface area contributed by atoms with E-state index in [0.717, 1.165) is 44.5 Å². The summed E-state index contributed by atoms with van der Waals surface area (Å²) >= 11 is 0. The highest BCUT2D eigenvalue weighted by molar-refractivity contribution is 6.04. The van der Waals surface area contributed by atoms with E-state index in [0.29, 0.717) is 29.6 Å². The molecule has 0 bridgehead atoms. The van der Waals surface area contributed by atoms with Gasteiger partial charge in [0, 0.05) is 24.1 Å². The van der Waals surface area contributed by atoms with Crippen molar-refractivity contribution < 1.29 is 14.3 Å². The number of hydrogen-bond donors (Lipinski definition) is 3. The van der Waals surface area contributed by atoms with Crippen molar-refractivity contribution in [3.05, 3.63) is 41.7 Å². The molecule has 3 N–H and O–H groups in total. The minimum Gasteiger partial charge on any atom is -0.497 e. The molecule has 1 atom stereocenters. The first-order chi connectivity index (χ1) is 14.1. The number of rotatable bonds is 7. The average molecular weight is 397 g/mol. The van der Waals surface area contributed by atoms with Gasteiger partial charge in [-0.1, -0.05) is 0 Å². The molecule has 2 amide bonds. The summed E-state index contributed by atoms with van der Waals surface area (Å²) in [6, 6.07) is 7.37. The van der Waals surface area contributed by atoms with Crippen LogP contribution in [0.25, 0.3) is 0 Å². The van der Waals surface area contributed by atoms with Gasteiger partial charge in [0.05, 0.1) is 31.2 Å². The molecule has 1 aromatic carbocycles. The van der Waals surface area contributed by atoms with E-state index in [9.17, 15) is 9.59 Å². The molecule has 2 aliphatic rings. The van der Waals surface area contributed by atoms with Crippen LogP contribution in [-0.2, 0) is 4.79 Å². The molecule has 4 rings (SSSR count). The second-order valence-electron chi connectivity index (χ2n) is 7.80. The zero-order valence-electron chi connectivity index (χ0n) is 16.6. The lowest BCUT2D eigenvalue weighted by Gasteiger charge is -2.32. The van der Waals surface area contributed by atoms with Gasteiger partial charge in [0.2, 0.25) is 5.91 Å². The first kappa shape index (κ1) is 19.4. The van der Waals surface area contributed by atoms with Crippen molar-refractivity contribution in [2.24, 2.45) is 0 Å². The number of nitrogens with one attached hydrogen (secondary N) is 3. The van der Waals surface area contributed by atoms with E-state index in [4.69, 9.17) is 4.74 Å². The fraction of sp³-hybridized carbons (Fsp3) is 0.476. The Kier molecular flexibility index (Phi) is 5.80. The number of amides is 2. The molecule has 29 heavy (non-hydrogen) atoms. The summed E-state index contributed by atoms with van der Waals surface area (Å²) in [5, 5.41) is 13.2. The van der Waals surface area contributed by atoms with E-state index >= 15 is 0 Å². The first-order valence-corrected chi connectivity index (χ1v) is 10.1. The van der Waals surface area contributed by atoms with Crippen LogP contribution in [0, 0.1) is 0 Å². The van der Waals surface area contributed by atoms with Crippen LogP contribution in [0.1, 0.15) is 47.7 Å². The molecular formula is C21H27N5O3. The Hall–Kier alpha value is -2.87.